The van der Waals surface area contributed by atoms with Crippen LogP contribution in [0, 0.1) is 13.8 Å². The van der Waals surface area contributed by atoms with Crippen molar-refractivity contribution in [2.45, 2.75) is 43.3 Å². The van der Waals surface area contributed by atoms with Crippen molar-refractivity contribution >= 4 is 15.7 Å². The van der Waals surface area contributed by atoms with E-state index in [2.05, 4.69) is 0 Å². The summed E-state index contributed by atoms with van der Waals surface area (Å²) in [5.41, 5.74) is 4.30. The van der Waals surface area contributed by atoms with E-state index < -0.39 is 21.7 Å². The number of aryl methyl sites for hydroxylation is 2. The van der Waals surface area contributed by atoms with Gasteiger partial charge in [0.05, 0.1) is 4.90 Å². The van der Waals surface area contributed by atoms with Crippen LogP contribution in [0.4, 0.5) is 18.9 Å². The van der Waals surface area contributed by atoms with Crippen molar-refractivity contribution in [3.63, 3.8) is 0 Å². The van der Waals surface area contributed by atoms with Crippen molar-refractivity contribution < 1.29 is 21.6 Å². The summed E-state index contributed by atoms with van der Waals surface area (Å²) in [4.78, 5) is -0.137. The Morgan fingerprint density at radius 2 is 1.65 bits per heavy atom. The summed E-state index contributed by atoms with van der Waals surface area (Å²) in [6, 6.07) is 2.85. The van der Waals surface area contributed by atoms with Gasteiger partial charge in [0.2, 0.25) is 10.0 Å². The normalized spacial score (nSPS) is 18.1. The third-order valence-corrected chi connectivity index (χ3v) is 5.21. The zero-order valence-electron chi connectivity index (χ0n) is 11.0. The Bertz CT molecular complexity index is 626. The predicted octanol–water partition coefficient (Wildman–Crippen LogP) is 2.26. The minimum absolute atomic E-state index is 0.137. The van der Waals surface area contributed by atoms with E-state index in [0.717, 1.165) is 0 Å². The summed E-state index contributed by atoms with van der Waals surface area (Å²) >= 11 is 0. The molecular weight excluding hydrogens is 293 g/mol. The minimum Gasteiger partial charge on any atom is -0.399 e. The zero-order valence-corrected chi connectivity index (χ0v) is 11.8. The van der Waals surface area contributed by atoms with Crippen LogP contribution in [0.2, 0.25) is 0 Å². The largest absolute Gasteiger partial charge is 0.407 e. The molecule has 8 heteroatoms. The molecule has 2 rings (SSSR count). The Morgan fingerprint density at radius 1 is 1.20 bits per heavy atom. The highest BCUT2D eigenvalue weighted by atomic mass is 32.2. The Labute approximate surface area is 115 Å². The number of benzene rings is 1. The molecule has 0 aromatic heterocycles. The topological polar surface area (TPSA) is 72.2 Å². The van der Waals surface area contributed by atoms with E-state index in [9.17, 15) is 21.6 Å². The lowest BCUT2D eigenvalue weighted by Gasteiger charge is -2.22. The smallest absolute Gasteiger partial charge is 0.399 e. The van der Waals surface area contributed by atoms with Gasteiger partial charge in [0, 0.05) is 5.69 Å². The van der Waals surface area contributed by atoms with Gasteiger partial charge in [0.25, 0.3) is 0 Å². The number of halogens is 3. The van der Waals surface area contributed by atoms with Crippen LogP contribution >= 0.6 is 0 Å². The molecule has 1 aromatic rings. The van der Waals surface area contributed by atoms with E-state index in [1.54, 1.807) is 0 Å². The Hall–Kier alpha value is -1.28. The lowest BCUT2D eigenvalue weighted by molar-refractivity contribution is -0.160. The van der Waals surface area contributed by atoms with E-state index in [1.807, 2.05) is 4.72 Å². The highest BCUT2D eigenvalue weighted by molar-refractivity contribution is 7.89. The summed E-state index contributed by atoms with van der Waals surface area (Å²) < 4.78 is 64.9. The van der Waals surface area contributed by atoms with E-state index in [-0.39, 0.29) is 17.7 Å². The van der Waals surface area contributed by atoms with Crippen LogP contribution in [0.1, 0.15) is 24.0 Å². The van der Waals surface area contributed by atoms with Crippen molar-refractivity contribution in [1.82, 2.24) is 4.72 Å². The maximum Gasteiger partial charge on any atom is 0.407 e. The molecule has 1 aliphatic carbocycles. The molecule has 4 nitrogen and oxygen atoms in total. The van der Waals surface area contributed by atoms with Crippen molar-refractivity contribution in [1.29, 1.82) is 0 Å². The van der Waals surface area contributed by atoms with Gasteiger partial charge in [0.15, 0.2) is 0 Å². The van der Waals surface area contributed by atoms with Gasteiger partial charge in [0.1, 0.15) is 5.54 Å². The van der Waals surface area contributed by atoms with Gasteiger partial charge in [-0.2, -0.15) is 17.9 Å². The van der Waals surface area contributed by atoms with E-state index in [1.165, 1.54) is 26.0 Å². The van der Waals surface area contributed by atoms with Crippen molar-refractivity contribution in [2.24, 2.45) is 0 Å². The van der Waals surface area contributed by atoms with E-state index >= 15 is 0 Å². The molecule has 0 unspecified atom stereocenters. The van der Waals surface area contributed by atoms with Gasteiger partial charge >= 0.3 is 6.18 Å². The Kier molecular flexibility index (Phi) is 3.29. The fourth-order valence-corrected chi connectivity index (χ4v) is 4.19. The number of hydrogen-bond acceptors (Lipinski definition) is 3. The molecule has 0 atom stereocenters. The van der Waals surface area contributed by atoms with Crippen LogP contribution in [0.5, 0.6) is 0 Å². The third kappa shape index (κ3) is 2.49. The molecule has 0 spiro atoms. The van der Waals surface area contributed by atoms with Crippen LogP contribution in [-0.2, 0) is 10.0 Å². The van der Waals surface area contributed by atoms with Crippen LogP contribution in [0.15, 0.2) is 17.0 Å². The lowest BCUT2D eigenvalue weighted by atomic mass is 10.1. The molecule has 0 bridgehead atoms. The van der Waals surface area contributed by atoms with Crippen molar-refractivity contribution in [3.05, 3.63) is 23.3 Å². The van der Waals surface area contributed by atoms with Gasteiger partial charge in [-0.1, -0.05) is 0 Å². The average molecular weight is 308 g/mol. The van der Waals surface area contributed by atoms with Crippen molar-refractivity contribution in [3.8, 4) is 0 Å². The number of hydrogen-bond donors (Lipinski definition) is 2. The second kappa shape index (κ2) is 4.36. The standard InChI is InChI=1S/C12H15F3N2O2S/c1-7-5-9(16)6-8(2)10(7)20(18,19)17-11(3-4-11)12(13,14)15/h5-6,17H,3-4,16H2,1-2H3. The molecule has 112 valence electrons. The van der Waals surface area contributed by atoms with Crippen LogP contribution in [0.25, 0.3) is 0 Å². The monoisotopic (exact) mass is 308 g/mol. The lowest BCUT2D eigenvalue weighted by Crippen LogP contribution is -2.48. The first-order chi connectivity index (χ1) is 8.98. The number of sulfonamides is 1. The molecule has 0 heterocycles. The Morgan fingerprint density at radius 3 is 2.00 bits per heavy atom. The van der Waals surface area contributed by atoms with E-state index in [0.29, 0.717) is 16.8 Å². The van der Waals surface area contributed by atoms with Gasteiger partial charge in [-0.15, -0.1) is 0 Å². The molecule has 1 fully saturated rings. The third-order valence-electron chi connectivity index (χ3n) is 3.37. The molecule has 1 aromatic carbocycles. The molecule has 0 amide bonds. The zero-order chi connectivity index (χ0) is 15.3. The summed E-state index contributed by atoms with van der Waals surface area (Å²) in [7, 11) is -4.24. The average Bonchev–Trinajstić information content (AvgIpc) is 2.93. The van der Waals surface area contributed by atoms with Gasteiger partial charge < -0.3 is 5.73 Å². The SMILES string of the molecule is Cc1cc(N)cc(C)c1S(=O)(=O)NC1(C(F)(F)F)CC1. The summed E-state index contributed by atoms with van der Waals surface area (Å²) in [5, 5.41) is 0. The predicted molar refractivity (Wildman–Crippen MR) is 68.7 cm³/mol. The fourth-order valence-electron chi connectivity index (χ4n) is 2.28. The van der Waals surface area contributed by atoms with Gasteiger partial charge in [-0.05, 0) is 49.9 Å². The quantitative estimate of drug-likeness (QED) is 0.841. The number of anilines is 1. The van der Waals surface area contributed by atoms with Gasteiger partial charge in [-0.3, -0.25) is 0 Å². The summed E-state index contributed by atoms with van der Waals surface area (Å²) in [6.45, 7) is 3.01. The maximum atomic E-state index is 12.9. The Balaban J connectivity index is 2.43. The summed E-state index contributed by atoms with van der Waals surface area (Å²) in [5.74, 6) is 0. The van der Waals surface area contributed by atoms with Crippen molar-refractivity contribution in [2.75, 3.05) is 5.73 Å². The molecule has 0 saturated heterocycles. The van der Waals surface area contributed by atoms with E-state index in [4.69, 9.17) is 5.73 Å². The number of nitrogens with one attached hydrogen (secondary N) is 1. The first-order valence-electron chi connectivity index (χ1n) is 5.96. The highest BCUT2D eigenvalue weighted by Gasteiger charge is 2.65. The van der Waals surface area contributed by atoms with Crippen LogP contribution in [-0.4, -0.2) is 20.1 Å². The first kappa shape index (κ1) is 15.1. The van der Waals surface area contributed by atoms with Crippen LogP contribution < -0.4 is 10.5 Å². The fraction of sp³-hybridized carbons (Fsp3) is 0.500. The minimum atomic E-state index is -4.59. The molecule has 1 saturated carbocycles. The highest BCUT2D eigenvalue weighted by Crippen LogP contribution is 2.49. The number of nitrogens with two attached hydrogens (primary N) is 1. The maximum absolute atomic E-state index is 12.9. The molecule has 0 aliphatic heterocycles. The summed E-state index contributed by atoms with van der Waals surface area (Å²) in [6.07, 6.45) is -5.05. The first-order valence-corrected chi connectivity index (χ1v) is 7.44. The molecule has 20 heavy (non-hydrogen) atoms. The second-order valence-corrected chi connectivity index (χ2v) is 6.79. The van der Waals surface area contributed by atoms with Gasteiger partial charge in [-0.25, -0.2) is 8.42 Å². The number of rotatable bonds is 3. The number of alkyl halides is 3. The molecule has 0 radical (unpaired) electrons. The molecule has 1 aliphatic rings. The number of nitrogen functional groups attached to an aromatic ring is 1. The second-order valence-electron chi connectivity index (χ2n) is 5.17. The molecule has 3 N–H and O–H groups in total. The molecular formula is C12H15F3N2O2S. The van der Waals surface area contributed by atoms with Crippen LogP contribution in [0.3, 0.4) is 0 Å².